The Bertz CT molecular complexity index is 683. The number of carbonyl (C=O) groups excluding carboxylic acids is 1. The van der Waals surface area contributed by atoms with Gasteiger partial charge in [0.05, 0.1) is 11.1 Å². The number of rotatable bonds is 3. The Kier molecular flexibility index (Phi) is 3.79. The van der Waals surface area contributed by atoms with Crippen LogP contribution in [-0.2, 0) is 0 Å². The number of carbonyl (C=O) groups is 2. The van der Waals surface area contributed by atoms with Crippen LogP contribution in [0.1, 0.15) is 26.3 Å². The number of amides is 1. The van der Waals surface area contributed by atoms with Crippen LogP contribution in [-0.4, -0.2) is 17.0 Å². The maximum atomic E-state index is 13.4. The molecule has 0 aliphatic heterocycles. The lowest BCUT2D eigenvalue weighted by Gasteiger charge is -2.10. The van der Waals surface area contributed by atoms with Gasteiger partial charge in [-0.05, 0) is 31.2 Å². The Balaban J connectivity index is 2.34. The van der Waals surface area contributed by atoms with Crippen LogP contribution in [0.5, 0.6) is 0 Å². The monoisotopic (exact) mass is 273 g/mol. The second-order valence-corrected chi connectivity index (χ2v) is 4.22. The first-order valence-electron chi connectivity index (χ1n) is 5.89. The standard InChI is InChI=1S/C15H12FNO3/c1-9-12(16)7-4-8-13(9)17-14(18)10-5-2-3-6-11(10)15(19)20/h2-8H,1H3,(H,17,18)(H,19,20). The average Bonchev–Trinajstić information content (AvgIpc) is 2.43. The highest BCUT2D eigenvalue weighted by molar-refractivity contribution is 6.10. The quantitative estimate of drug-likeness (QED) is 0.903. The Morgan fingerprint density at radius 2 is 1.70 bits per heavy atom. The summed E-state index contributed by atoms with van der Waals surface area (Å²) >= 11 is 0. The van der Waals surface area contributed by atoms with Gasteiger partial charge in [-0.25, -0.2) is 9.18 Å². The third-order valence-corrected chi connectivity index (χ3v) is 2.92. The molecule has 4 nitrogen and oxygen atoms in total. The lowest BCUT2D eigenvalue weighted by molar-refractivity contribution is 0.0692. The number of hydrogen-bond acceptors (Lipinski definition) is 2. The fourth-order valence-corrected chi connectivity index (χ4v) is 1.80. The van der Waals surface area contributed by atoms with Gasteiger partial charge in [-0.1, -0.05) is 18.2 Å². The van der Waals surface area contributed by atoms with Crippen molar-refractivity contribution in [3.63, 3.8) is 0 Å². The van der Waals surface area contributed by atoms with Crippen molar-refractivity contribution < 1.29 is 19.1 Å². The van der Waals surface area contributed by atoms with Crippen LogP contribution in [0.3, 0.4) is 0 Å². The molecule has 0 aromatic heterocycles. The third kappa shape index (κ3) is 2.66. The highest BCUT2D eigenvalue weighted by atomic mass is 19.1. The maximum absolute atomic E-state index is 13.4. The summed E-state index contributed by atoms with van der Waals surface area (Å²) < 4.78 is 13.4. The van der Waals surface area contributed by atoms with E-state index in [9.17, 15) is 14.0 Å². The molecule has 0 spiro atoms. The molecule has 20 heavy (non-hydrogen) atoms. The van der Waals surface area contributed by atoms with Crippen LogP contribution >= 0.6 is 0 Å². The van der Waals surface area contributed by atoms with Crippen molar-refractivity contribution in [2.75, 3.05) is 5.32 Å². The number of halogens is 1. The van der Waals surface area contributed by atoms with E-state index < -0.39 is 17.7 Å². The first-order chi connectivity index (χ1) is 9.50. The molecule has 0 saturated heterocycles. The van der Waals surface area contributed by atoms with Crippen molar-refractivity contribution in [1.29, 1.82) is 0 Å². The van der Waals surface area contributed by atoms with Gasteiger partial charge in [0.15, 0.2) is 0 Å². The van der Waals surface area contributed by atoms with Crippen molar-refractivity contribution in [3.05, 3.63) is 65.0 Å². The number of carboxylic acid groups (broad SMARTS) is 1. The van der Waals surface area contributed by atoms with E-state index in [1.54, 1.807) is 12.1 Å². The molecule has 0 heterocycles. The summed E-state index contributed by atoms with van der Waals surface area (Å²) in [5, 5.41) is 11.6. The summed E-state index contributed by atoms with van der Waals surface area (Å²) in [6, 6.07) is 10.2. The van der Waals surface area contributed by atoms with Crippen molar-refractivity contribution >= 4 is 17.6 Å². The minimum atomic E-state index is -1.19. The molecule has 5 heteroatoms. The summed E-state index contributed by atoms with van der Waals surface area (Å²) in [6.45, 7) is 1.54. The van der Waals surface area contributed by atoms with Crippen LogP contribution in [0.25, 0.3) is 0 Å². The smallest absolute Gasteiger partial charge is 0.336 e. The topological polar surface area (TPSA) is 66.4 Å². The highest BCUT2D eigenvalue weighted by Gasteiger charge is 2.16. The Labute approximate surface area is 114 Å². The highest BCUT2D eigenvalue weighted by Crippen LogP contribution is 2.19. The van der Waals surface area contributed by atoms with E-state index in [1.807, 2.05) is 0 Å². The first kappa shape index (κ1) is 13.7. The molecule has 2 rings (SSSR count). The van der Waals surface area contributed by atoms with Crippen molar-refractivity contribution in [3.8, 4) is 0 Å². The summed E-state index contributed by atoms with van der Waals surface area (Å²) in [5.74, 6) is -2.21. The third-order valence-electron chi connectivity index (χ3n) is 2.92. The van der Waals surface area contributed by atoms with Gasteiger partial charge in [0.1, 0.15) is 5.82 Å². The van der Waals surface area contributed by atoms with Gasteiger partial charge in [-0.3, -0.25) is 4.79 Å². The van der Waals surface area contributed by atoms with E-state index >= 15 is 0 Å². The Hall–Kier alpha value is -2.69. The molecular formula is C15H12FNO3. The van der Waals surface area contributed by atoms with Gasteiger partial charge in [0.25, 0.3) is 5.91 Å². The lowest BCUT2D eigenvalue weighted by Crippen LogP contribution is -2.17. The van der Waals surface area contributed by atoms with Crippen LogP contribution in [0.2, 0.25) is 0 Å². The van der Waals surface area contributed by atoms with Crippen molar-refractivity contribution in [2.24, 2.45) is 0 Å². The normalized spacial score (nSPS) is 10.1. The van der Waals surface area contributed by atoms with E-state index in [4.69, 9.17) is 5.11 Å². The molecule has 0 unspecified atom stereocenters. The van der Waals surface area contributed by atoms with Crippen LogP contribution in [0.4, 0.5) is 10.1 Å². The van der Waals surface area contributed by atoms with E-state index in [0.717, 1.165) is 0 Å². The van der Waals surface area contributed by atoms with E-state index in [1.165, 1.54) is 37.3 Å². The van der Waals surface area contributed by atoms with Gasteiger partial charge >= 0.3 is 5.97 Å². The number of benzene rings is 2. The molecule has 2 N–H and O–H groups in total. The molecule has 102 valence electrons. The predicted octanol–water partition coefficient (Wildman–Crippen LogP) is 3.08. The molecule has 2 aromatic carbocycles. The molecule has 0 radical (unpaired) electrons. The summed E-state index contributed by atoms with van der Waals surface area (Å²) in [6.07, 6.45) is 0. The first-order valence-corrected chi connectivity index (χ1v) is 5.89. The molecule has 0 aliphatic carbocycles. The predicted molar refractivity (Wildman–Crippen MR) is 72.5 cm³/mol. The second kappa shape index (κ2) is 5.52. The van der Waals surface area contributed by atoms with Crippen molar-refractivity contribution in [1.82, 2.24) is 0 Å². The SMILES string of the molecule is Cc1c(F)cccc1NC(=O)c1ccccc1C(=O)O. The fourth-order valence-electron chi connectivity index (χ4n) is 1.80. The van der Waals surface area contributed by atoms with Crippen LogP contribution < -0.4 is 5.32 Å². The van der Waals surface area contributed by atoms with E-state index in [0.29, 0.717) is 11.3 Å². The van der Waals surface area contributed by atoms with E-state index in [-0.39, 0.29) is 11.1 Å². The van der Waals surface area contributed by atoms with Crippen LogP contribution in [0.15, 0.2) is 42.5 Å². The maximum Gasteiger partial charge on any atom is 0.336 e. The molecule has 1 amide bonds. The van der Waals surface area contributed by atoms with Gasteiger partial charge in [0.2, 0.25) is 0 Å². The summed E-state index contributed by atoms with van der Waals surface area (Å²) in [7, 11) is 0. The number of anilines is 1. The van der Waals surface area contributed by atoms with Crippen molar-refractivity contribution in [2.45, 2.75) is 6.92 Å². The van der Waals surface area contributed by atoms with Gasteiger partial charge in [-0.15, -0.1) is 0 Å². The minimum Gasteiger partial charge on any atom is -0.478 e. The Morgan fingerprint density at radius 3 is 2.35 bits per heavy atom. The lowest BCUT2D eigenvalue weighted by atomic mass is 10.1. The van der Waals surface area contributed by atoms with E-state index in [2.05, 4.69) is 5.32 Å². The zero-order chi connectivity index (χ0) is 14.7. The summed E-state index contributed by atoms with van der Waals surface area (Å²) in [5.41, 5.74) is 0.548. The molecular weight excluding hydrogens is 261 g/mol. The van der Waals surface area contributed by atoms with Gasteiger partial charge < -0.3 is 10.4 Å². The molecule has 0 atom stereocenters. The van der Waals surface area contributed by atoms with Gasteiger partial charge in [0, 0.05) is 11.3 Å². The zero-order valence-electron chi connectivity index (χ0n) is 10.7. The average molecular weight is 273 g/mol. The zero-order valence-corrected chi connectivity index (χ0v) is 10.7. The number of aromatic carboxylic acids is 1. The summed E-state index contributed by atoms with van der Waals surface area (Å²) in [4.78, 5) is 23.2. The minimum absolute atomic E-state index is 0.0312. The number of carboxylic acids is 1. The van der Waals surface area contributed by atoms with Crippen LogP contribution in [0, 0.1) is 12.7 Å². The molecule has 0 bridgehead atoms. The molecule has 0 fully saturated rings. The Morgan fingerprint density at radius 1 is 1.05 bits per heavy atom. The molecule has 0 saturated carbocycles. The largest absolute Gasteiger partial charge is 0.478 e. The van der Waals surface area contributed by atoms with Gasteiger partial charge in [-0.2, -0.15) is 0 Å². The number of hydrogen-bond donors (Lipinski definition) is 2. The second-order valence-electron chi connectivity index (χ2n) is 4.22. The molecule has 0 aliphatic rings. The fraction of sp³-hybridized carbons (Fsp3) is 0.0667. The molecule has 2 aromatic rings. The number of nitrogens with one attached hydrogen (secondary N) is 1.